The van der Waals surface area contributed by atoms with E-state index in [1.54, 1.807) is 11.1 Å². The van der Waals surface area contributed by atoms with Gasteiger partial charge in [0.05, 0.1) is 18.3 Å². The van der Waals surface area contributed by atoms with Gasteiger partial charge in [-0.15, -0.1) is 0 Å². The molecular weight excluding hydrogens is 314 g/mol. The number of amides is 1. The van der Waals surface area contributed by atoms with Crippen LogP contribution < -0.4 is 0 Å². The highest BCUT2D eigenvalue weighted by Gasteiger charge is 2.43. The number of carbonyl (C=O) groups excluding carboxylic acids is 1. The molecule has 1 aromatic heterocycles. The van der Waals surface area contributed by atoms with Gasteiger partial charge in [-0.1, -0.05) is 12.5 Å². The van der Waals surface area contributed by atoms with E-state index in [1.807, 2.05) is 25.2 Å². The zero-order chi connectivity index (χ0) is 17.2. The highest BCUT2D eigenvalue weighted by atomic mass is 16.5. The smallest absolute Gasteiger partial charge is 0.251 e. The van der Waals surface area contributed by atoms with Gasteiger partial charge in [-0.3, -0.25) is 9.78 Å². The van der Waals surface area contributed by atoms with E-state index in [0.29, 0.717) is 12.5 Å². The summed E-state index contributed by atoms with van der Waals surface area (Å²) in [6.45, 7) is 3.95. The highest BCUT2D eigenvalue weighted by molar-refractivity contribution is 5.81. The van der Waals surface area contributed by atoms with Crippen LogP contribution in [0, 0.1) is 11.8 Å². The number of ether oxygens (including phenoxy) is 1. The lowest BCUT2D eigenvalue weighted by Crippen LogP contribution is -2.45. The fourth-order valence-corrected chi connectivity index (χ4v) is 4.42. The molecule has 3 aliphatic rings. The Balaban J connectivity index is 1.29. The van der Waals surface area contributed by atoms with Crippen LogP contribution in [0.3, 0.4) is 0 Å². The summed E-state index contributed by atoms with van der Waals surface area (Å²) >= 11 is 0. The second-order valence-corrected chi connectivity index (χ2v) is 8.02. The maximum Gasteiger partial charge on any atom is 0.251 e. The van der Waals surface area contributed by atoms with Crippen LogP contribution in [0.25, 0.3) is 0 Å². The number of fused-ring (bicyclic) bond motifs is 1. The zero-order valence-electron chi connectivity index (χ0n) is 15.1. The monoisotopic (exact) mass is 343 g/mol. The van der Waals surface area contributed by atoms with Gasteiger partial charge in [-0.2, -0.15) is 0 Å². The molecule has 1 amide bonds. The molecule has 4 rings (SSSR count). The molecule has 0 aromatic carbocycles. The van der Waals surface area contributed by atoms with Crippen molar-refractivity contribution in [1.82, 2.24) is 14.8 Å². The first-order valence-corrected chi connectivity index (χ1v) is 9.72. The number of pyridine rings is 1. The third-order valence-electron chi connectivity index (χ3n) is 6.15. The first-order valence-electron chi connectivity index (χ1n) is 9.72. The van der Waals surface area contributed by atoms with Crippen molar-refractivity contribution in [3.8, 4) is 0 Å². The van der Waals surface area contributed by atoms with Crippen molar-refractivity contribution < 1.29 is 9.53 Å². The number of hydrogen-bond donors (Lipinski definition) is 0. The zero-order valence-corrected chi connectivity index (χ0v) is 15.1. The summed E-state index contributed by atoms with van der Waals surface area (Å²) < 4.78 is 6.20. The molecule has 0 spiro atoms. The third kappa shape index (κ3) is 3.87. The third-order valence-corrected chi connectivity index (χ3v) is 6.15. The Morgan fingerprint density at radius 2 is 2.24 bits per heavy atom. The van der Waals surface area contributed by atoms with Crippen LogP contribution in [0.2, 0.25) is 0 Å². The number of likely N-dealkylation sites (tertiary alicyclic amines) is 1. The molecule has 2 saturated heterocycles. The number of hydrogen-bond acceptors (Lipinski definition) is 4. The van der Waals surface area contributed by atoms with Gasteiger partial charge >= 0.3 is 0 Å². The fraction of sp³-hybridized carbons (Fsp3) is 0.700. The summed E-state index contributed by atoms with van der Waals surface area (Å²) in [5.74, 6) is 1.56. The average Bonchev–Trinajstić information content (AvgIpc) is 3.01. The van der Waals surface area contributed by atoms with Crippen LogP contribution in [-0.2, 0) is 16.1 Å². The largest absolute Gasteiger partial charge is 0.364 e. The van der Waals surface area contributed by atoms with Gasteiger partial charge in [0.25, 0.3) is 5.91 Å². The quantitative estimate of drug-likeness (QED) is 0.823. The van der Waals surface area contributed by atoms with Crippen LogP contribution in [0.4, 0.5) is 0 Å². The van der Waals surface area contributed by atoms with E-state index in [9.17, 15) is 4.79 Å². The topological polar surface area (TPSA) is 45.7 Å². The Hall–Kier alpha value is -1.46. The molecule has 5 heteroatoms. The molecule has 2 aliphatic heterocycles. The molecule has 0 N–H and O–H groups in total. The molecule has 0 bridgehead atoms. The average molecular weight is 343 g/mol. The van der Waals surface area contributed by atoms with E-state index < -0.39 is 0 Å². The normalized spacial score (nSPS) is 29.9. The summed E-state index contributed by atoms with van der Waals surface area (Å²) in [4.78, 5) is 21.4. The fourth-order valence-electron chi connectivity index (χ4n) is 4.42. The summed E-state index contributed by atoms with van der Waals surface area (Å²) in [6.07, 6.45) is 7.98. The number of rotatable bonds is 5. The molecule has 136 valence electrons. The molecule has 3 heterocycles. The van der Waals surface area contributed by atoms with Crippen molar-refractivity contribution in [2.24, 2.45) is 11.8 Å². The van der Waals surface area contributed by atoms with Crippen molar-refractivity contribution in [1.29, 1.82) is 0 Å². The summed E-state index contributed by atoms with van der Waals surface area (Å²) in [5.41, 5.74) is 0.917. The molecule has 3 fully saturated rings. The minimum atomic E-state index is -0.271. The number of piperidine rings is 1. The number of nitrogens with zero attached hydrogens (tertiary/aromatic N) is 3. The van der Waals surface area contributed by atoms with Gasteiger partial charge in [-0.25, -0.2) is 0 Å². The SMILES string of the molecule is CN(Cc1ccccn1)C(=O)[C@@H]1C[C@H]2CCN(CC3CCC3)C[C@@H]2O1. The predicted molar refractivity (Wildman–Crippen MR) is 95.9 cm³/mol. The number of aromatic nitrogens is 1. The molecular formula is C20H29N3O2. The molecule has 0 radical (unpaired) electrons. The standard InChI is InChI=1S/C20H29N3O2/c1-22(13-17-7-2-3-9-21-17)20(24)18-11-16-8-10-23(14-19(16)25-18)12-15-5-4-6-15/h2-3,7,9,15-16,18-19H,4-6,8,10-14H2,1H3/t16-,18+,19+/m1/s1. The van der Waals surface area contributed by atoms with Crippen molar-refractivity contribution >= 4 is 5.91 Å². The molecule has 5 nitrogen and oxygen atoms in total. The van der Waals surface area contributed by atoms with Crippen LogP contribution >= 0.6 is 0 Å². The predicted octanol–water partition coefficient (Wildman–Crippen LogP) is 2.32. The Bertz CT molecular complexity index is 590. The summed E-state index contributed by atoms with van der Waals surface area (Å²) in [5, 5.41) is 0. The molecule has 25 heavy (non-hydrogen) atoms. The lowest BCUT2D eigenvalue weighted by molar-refractivity contribution is -0.143. The number of likely N-dealkylation sites (N-methyl/N-ethyl adjacent to an activating group) is 1. The first kappa shape index (κ1) is 17.0. The van der Waals surface area contributed by atoms with Crippen molar-refractivity contribution in [3.05, 3.63) is 30.1 Å². The Morgan fingerprint density at radius 1 is 1.36 bits per heavy atom. The maximum absolute atomic E-state index is 12.8. The maximum atomic E-state index is 12.8. The number of carbonyl (C=O) groups is 1. The van der Waals surface area contributed by atoms with E-state index >= 15 is 0 Å². The first-order chi connectivity index (χ1) is 12.2. The van der Waals surface area contributed by atoms with Crippen molar-refractivity contribution in [2.45, 2.75) is 50.9 Å². The van der Waals surface area contributed by atoms with Crippen LogP contribution in [0.15, 0.2) is 24.4 Å². The van der Waals surface area contributed by atoms with Crippen LogP contribution in [0.1, 0.15) is 37.8 Å². The Labute approximate surface area is 150 Å². The van der Waals surface area contributed by atoms with E-state index in [1.165, 1.54) is 38.8 Å². The minimum Gasteiger partial charge on any atom is -0.364 e. The van der Waals surface area contributed by atoms with Gasteiger partial charge < -0.3 is 14.5 Å². The lowest BCUT2D eigenvalue weighted by atomic mass is 9.84. The van der Waals surface area contributed by atoms with E-state index in [2.05, 4.69) is 9.88 Å². The van der Waals surface area contributed by atoms with Crippen molar-refractivity contribution in [2.75, 3.05) is 26.7 Å². The highest BCUT2D eigenvalue weighted by Crippen LogP contribution is 2.35. The molecule has 3 atom stereocenters. The minimum absolute atomic E-state index is 0.102. The molecule has 1 saturated carbocycles. The molecule has 1 aliphatic carbocycles. The second-order valence-electron chi connectivity index (χ2n) is 8.02. The van der Waals surface area contributed by atoms with Gasteiger partial charge in [0, 0.05) is 26.3 Å². The van der Waals surface area contributed by atoms with Crippen molar-refractivity contribution in [3.63, 3.8) is 0 Å². The molecule has 1 aromatic rings. The van der Waals surface area contributed by atoms with Gasteiger partial charge in [-0.05, 0) is 56.2 Å². The van der Waals surface area contributed by atoms with Crippen LogP contribution in [-0.4, -0.2) is 59.6 Å². The van der Waals surface area contributed by atoms with Gasteiger partial charge in [0.2, 0.25) is 0 Å². The Kier molecular flexibility index (Phi) is 5.04. The van der Waals surface area contributed by atoms with E-state index in [-0.39, 0.29) is 18.1 Å². The summed E-state index contributed by atoms with van der Waals surface area (Å²) in [7, 11) is 1.85. The lowest BCUT2D eigenvalue weighted by Gasteiger charge is -2.38. The Morgan fingerprint density at radius 3 is 2.96 bits per heavy atom. The van der Waals surface area contributed by atoms with E-state index in [4.69, 9.17) is 4.74 Å². The molecule has 0 unspecified atom stereocenters. The van der Waals surface area contributed by atoms with Gasteiger partial charge in [0.1, 0.15) is 6.10 Å². The second kappa shape index (κ2) is 7.42. The van der Waals surface area contributed by atoms with E-state index in [0.717, 1.165) is 24.6 Å². The van der Waals surface area contributed by atoms with Gasteiger partial charge in [0.15, 0.2) is 0 Å². The summed E-state index contributed by atoms with van der Waals surface area (Å²) in [6, 6.07) is 5.81. The van der Waals surface area contributed by atoms with Crippen LogP contribution in [0.5, 0.6) is 0 Å².